The first-order valence-electron chi connectivity index (χ1n) is 5.64. The fourth-order valence-corrected chi connectivity index (χ4v) is 1.47. The molecule has 1 amide bonds. The van der Waals surface area contributed by atoms with Crippen molar-refractivity contribution in [3.8, 4) is 0 Å². The third-order valence-electron chi connectivity index (χ3n) is 2.84. The van der Waals surface area contributed by atoms with Crippen LogP contribution < -0.4 is 11.1 Å². The second-order valence-electron chi connectivity index (χ2n) is 4.23. The van der Waals surface area contributed by atoms with Gasteiger partial charge in [0.15, 0.2) is 0 Å². The van der Waals surface area contributed by atoms with Gasteiger partial charge in [0.05, 0.1) is 17.9 Å². The molecule has 0 aromatic carbocycles. The number of aromatic nitrogens is 1. The molecule has 0 bridgehead atoms. The van der Waals surface area contributed by atoms with Crippen LogP contribution >= 0.6 is 11.6 Å². The summed E-state index contributed by atoms with van der Waals surface area (Å²) in [6.45, 7) is 5.79. The molecule has 0 radical (unpaired) electrons. The quantitative estimate of drug-likeness (QED) is 0.812. The normalized spacial score (nSPS) is 14.2. The van der Waals surface area contributed by atoms with E-state index in [0.717, 1.165) is 12.0 Å². The fourth-order valence-electron chi connectivity index (χ4n) is 1.36. The Kier molecular flexibility index (Phi) is 4.90. The van der Waals surface area contributed by atoms with E-state index in [1.165, 1.54) is 6.20 Å². The Morgan fingerprint density at radius 2 is 2.29 bits per heavy atom. The molecule has 0 aliphatic rings. The van der Waals surface area contributed by atoms with E-state index < -0.39 is 6.04 Å². The highest BCUT2D eigenvalue weighted by Crippen LogP contribution is 2.16. The predicted molar refractivity (Wildman–Crippen MR) is 70.0 cm³/mol. The van der Waals surface area contributed by atoms with Crippen LogP contribution in [0.1, 0.15) is 25.8 Å². The van der Waals surface area contributed by atoms with Crippen molar-refractivity contribution < 1.29 is 4.79 Å². The van der Waals surface area contributed by atoms with Crippen molar-refractivity contribution >= 4 is 23.2 Å². The molecule has 0 saturated heterocycles. The molecule has 4 nitrogen and oxygen atoms in total. The second kappa shape index (κ2) is 5.98. The van der Waals surface area contributed by atoms with Crippen LogP contribution in [-0.2, 0) is 4.79 Å². The number of halogens is 1. The lowest BCUT2D eigenvalue weighted by Crippen LogP contribution is -2.40. The summed E-state index contributed by atoms with van der Waals surface area (Å²) in [7, 11) is 0. The molecule has 0 unspecified atom stereocenters. The van der Waals surface area contributed by atoms with E-state index in [2.05, 4.69) is 10.3 Å². The molecule has 1 aromatic rings. The third kappa shape index (κ3) is 3.68. The third-order valence-corrected chi connectivity index (χ3v) is 3.24. The Morgan fingerprint density at radius 3 is 2.82 bits per heavy atom. The lowest BCUT2D eigenvalue weighted by molar-refractivity contribution is -0.118. The van der Waals surface area contributed by atoms with Gasteiger partial charge >= 0.3 is 0 Å². The van der Waals surface area contributed by atoms with E-state index in [-0.39, 0.29) is 11.8 Å². The Hall–Kier alpha value is -1.13. The molecule has 3 N–H and O–H groups in total. The summed E-state index contributed by atoms with van der Waals surface area (Å²) in [5.41, 5.74) is 7.27. The number of amides is 1. The topological polar surface area (TPSA) is 68.0 Å². The molecule has 17 heavy (non-hydrogen) atoms. The standard InChI is InChI=1S/C12H18ClN3O/c1-4-7(2)10(14)12(17)16-9-5-8(3)11(13)15-6-9/h5-7,10H,4,14H2,1-3H3,(H,16,17)/t7-,10-/m0/s1. The van der Waals surface area contributed by atoms with Crippen molar-refractivity contribution in [2.45, 2.75) is 33.2 Å². The van der Waals surface area contributed by atoms with Gasteiger partial charge in [0.1, 0.15) is 5.15 Å². The Morgan fingerprint density at radius 1 is 1.65 bits per heavy atom. The Labute approximate surface area is 107 Å². The van der Waals surface area contributed by atoms with Gasteiger partial charge < -0.3 is 11.1 Å². The molecule has 1 heterocycles. The molecular weight excluding hydrogens is 238 g/mol. The molecule has 0 aliphatic heterocycles. The van der Waals surface area contributed by atoms with Crippen LogP contribution in [0.2, 0.25) is 5.15 Å². The summed E-state index contributed by atoms with van der Waals surface area (Å²) >= 11 is 5.80. The number of nitrogens with zero attached hydrogens (tertiary/aromatic N) is 1. The first kappa shape index (κ1) is 13.9. The van der Waals surface area contributed by atoms with Crippen LogP contribution in [0.4, 0.5) is 5.69 Å². The van der Waals surface area contributed by atoms with Crippen LogP contribution in [0.15, 0.2) is 12.3 Å². The maximum absolute atomic E-state index is 11.8. The summed E-state index contributed by atoms with van der Waals surface area (Å²) in [5, 5.41) is 3.18. The minimum absolute atomic E-state index is 0.149. The lowest BCUT2D eigenvalue weighted by Gasteiger charge is -2.17. The van der Waals surface area contributed by atoms with Crippen LogP contribution in [0.25, 0.3) is 0 Å². The molecule has 0 aliphatic carbocycles. The van der Waals surface area contributed by atoms with E-state index >= 15 is 0 Å². The molecular formula is C12H18ClN3O. The zero-order valence-corrected chi connectivity index (χ0v) is 11.1. The van der Waals surface area contributed by atoms with Gasteiger partial charge in [-0.1, -0.05) is 31.9 Å². The Bertz CT molecular complexity index is 409. The van der Waals surface area contributed by atoms with E-state index in [1.54, 1.807) is 6.07 Å². The van der Waals surface area contributed by atoms with Crippen LogP contribution in [0.5, 0.6) is 0 Å². The number of hydrogen-bond acceptors (Lipinski definition) is 3. The maximum atomic E-state index is 11.8. The fraction of sp³-hybridized carbons (Fsp3) is 0.500. The average molecular weight is 256 g/mol. The van der Waals surface area contributed by atoms with Gasteiger partial charge in [0.2, 0.25) is 5.91 Å². The first-order valence-corrected chi connectivity index (χ1v) is 6.02. The highest BCUT2D eigenvalue weighted by atomic mass is 35.5. The number of nitrogens with two attached hydrogens (primary N) is 1. The molecule has 0 saturated carbocycles. The monoisotopic (exact) mass is 255 g/mol. The van der Waals surface area contributed by atoms with Crippen molar-refractivity contribution in [3.63, 3.8) is 0 Å². The van der Waals surface area contributed by atoms with E-state index in [1.807, 2.05) is 20.8 Å². The van der Waals surface area contributed by atoms with E-state index in [0.29, 0.717) is 10.8 Å². The molecule has 1 aromatic heterocycles. The van der Waals surface area contributed by atoms with Crippen molar-refractivity contribution in [1.82, 2.24) is 4.98 Å². The number of nitrogens with one attached hydrogen (secondary N) is 1. The number of aryl methyl sites for hydroxylation is 1. The largest absolute Gasteiger partial charge is 0.323 e. The molecule has 94 valence electrons. The first-order chi connectivity index (χ1) is 7.95. The van der Waals surface area contributed by atoms with Crippen molar-refractivity contribution in [1.29, 1.82) is 0 Å². The van der Waals surface area contributed by atoms with Gasteiger partial charge in [0.25, 0.3) is 0 Å². The minimum Gasteiger partial charge on any atom is -0.323 e. The van der Waals surface area contributed by atoms with Crippen LogP contribution in [0, 0.1) is 12.8 Å². The molecule has 0 spiro atoms. The highest BCUT2D eigenvalue weighted by Gasteiger charge is 2.19. The molecule has 1 rings (SSSR count). The average Bonchev–Trinajstić information content (AvgIpc) is 2.31. The number of carbonyl (C=O) groups excluding carboxylic acids is 1. The zero-order valence-electron chi connectivity index (χ0n) is 10.3. The number of carbonyl (C=O) groups is 1. The number of pyridine rings is 1. The summed E-state index contributed by atoms with van der Waals surface area (Å²) < 4.78 is 0. The van der Waals surface area contributed by atoms with Crippen molar-refractivity contribution in [2.75, 3.05) is 5.32 Å². The zero-order chi connectivity index (χ0) is 13.0. The summed E-state index contributed by atoms with van der Waals surface area (Å²) in [5.74, 6) is -0.0424. The van der Waals surface area contributed by atoms with Gasteiger partial charge in [-0.05, 0) is 24.5 Å². The van der Waals surface area contributed by atoms with E-state index in [4.69, 9.17) is 17.3 Å². The van der Waals surface area contributed by atoms with E-state index in [9.17, 15) is 4.79 Å². The number of hydrogen-bond donors (Lipinski definition) is 2. The second-order valence-corrected chi connectivity index (χ2v) is 4.59. The number of rotatable bonds is 4. The van der Waals surface area contributed by atoms with Gasteiger partial charge in [-0.25, -0.2) is 4.98 Å². The minimum atomic E-state index is -0.504. The molecule has 0 fully saturated rings. The summed E-state index contributed by atoms with van der Waals surface area (Å²) in [6, 6.07) is 1.27. The van der Waals surface area contributed by atoms with Gasteiger partial charge in [-0.15, -0.1) is 0 Å². The van der Waals surface area contributed by atoms with Gasteiger partial charge in [0, 0.05) is 0 Å². The highest BCUT2D eigenvalue weighted by molar-refractivity contribution is 6.30. The summed E-state index contributed by atoms with van der Waals surface area (Å²) in [6.07, 6.45) is 2.39. The molecule has 5 heteroatoms. The van der Waals surface area contributed by atoms with Gasteiger partial charge in [-0.2, -0.15) is 0 Å². The SMILES string of the molecule is CC[C@H](C)[C@H](N)C(=O)Nc1cnc(Cl)c(C)c1. The Balaban J connectivity index is 2.71. The van der Waals surface area contributed by atoms with Crippen LogP contribution in [0.3, 0.4) is 0 Å². The van der Waals surface area contributed by atoms with Crippen LogP contribution in [-0.4, -0.2) is 16.9 Å². The van der Waals surface area contributed by atoms with Gasteiger partial charge in [-0.3, -0.25) is 4.79 Å². The smallest absolute Gasteiger partial charge is 0.241 e. The predicted octanol–water partition coefficient (Wildman–Crippen LogP) is 2.36. The van der Waals surface area contributed by atoms with Crippen molar-refractivity contribution in [3.05, 3.63) is 23.0 Å². The summed E-state index contributed by atoms with van der Waals surface area (Å²) in [4.78, 5) is 15.8. The molecule has 2 atom stereocenters. The number of anilines is 1. The van der Waals surface area contributed by atoms with Crippen molar-refractivity contribution in [2.24, 2.45) is 11.7 Å². The lowest BCUT2D eigenvalue weighted by atomic mass is 9.99. The maximum Gasteiger partial charge on any atom is 0.241 e.